The average Bonchev–Trinajstić information content (AvgIpc) is 2.85. The summed E-state index contributed by atoms with van der Waals surface area (Å²) in [6.07, 6.45) is 5.03. The Hall–Kier alpha value is -2.44. The number of nitrogens with one attached hydrogen (secondary N) is 2. The third kappa shape index (κ3) is 3.53. The zero-order valence-corrected chi connectivity index (χ0v) is 11.7. The van der Waals surface area contributed by atoms with E-state index in [4.69, 9.17) is 4.74 Å². The van der Waals surface area contributed by atoms with E-state index >= 15 is 0 Å². The van der Waals surface area contributed by atoms with Gasteiger partial charge in [-0.05, 0) is 19.4 Å². The summed E-state index contributed by atoms with van der Waals surface area (Å²) in [6.45, 7) is 5.59. The van der Waals surface area contributed by atoms with Crippen LogP contribution in [0.15, 0.2) is 24.3 Å². The smallest absolute Gasteiger partial charge is 0.302 e. The number of carbonyl (C=O) groups is 1. The largest absolute Gasteiger partial charge is 0.461 e. The van der Waals surface area contributed by atoms with Gasteiger partial charge in [-0.3, -0.25) is 4.79 Å². The Bertz CT molecular complexity index is 634. The van der Waals surface area contributed by atoms with Crippen LogP contribution in [0.1, 0.15) is 20.8 Å². The number of hydrogen-bond donors (Lipinski definition) is 2. The Morgan fingerprint density at radius 3 is 3.00 bits per heavy atom. The van der Waals surface area contributed by atoms with Gasteiger partial charge < -0.3 is 15.0 Å². The number of fused-ring (bicyclic) bond motifs is 1. The fourth-order valence-electron chi connectivity index (χ4n) is 1.82. The van der Waals surface area contributed by atoms with E-state index in [1.807, 2.05) is 19.9 Å². The summed E-state index contributed by atoms with van der Waals surface area (Å²) in [5.41, 5.74) is 2.36. The number of anilines is 1. The molecule has 0 amide bonds. The highest BCUT2D eigenvalue weighted by atomic mass is 16.5. The maximum absolute atomic E-state index is 10.7. The van der Waals surface area contributed by atoms with Crippen LogP contribution in [0.25, 0.3) is 11.2 Å². The van der Waals surface area contributed by atoms with Crippen LogP contribution in [0.4, 0.5) is 5.82 Å². The van der Waals surface area contributed by atoms with Crippen molar-refractivity contribution in [2.75, 3.05) is 11.9 Å². The highest BCUT2D eigenvalue weighted by Crippen LogP contribution is 2.15. The number of hydrogen-bond acceptors (Lipinski definition) is 6. The molecule has 20 heavy (non-hydrogen) atoms. The molecule has 0 unspecified atom stereocenters. The Kier molecular flexibility index (Phi) is 4.29. The molecule has 2 aromatic heterocycles. The van der Waals surface area contributed by atoms with Crippen molar-refractivity contribution in [1.82, 2.24) is 19.9 Å². The number of ether oxygens (including phenoxy) is 1. The third-order valence-corrected chi connectivity index (χ3v) is 2.62. The minimum Gasteiger partial charge on any atom is -0.461 e. The quantitative estimate of drug-likeness (QED) is 0.637. The monoisotopic (exact) mass is 275 g/mol. The van der Waals surface area contributed by atoms with E-state index in [9.17, 15) is 4.79 Å². The van der Waals surface area contributed by atoms with Gasteiger partial charge in [0, 0.05) is 13.0 Å². The molecule has 0 saturated carbocycles. The first-order valence-corrected chi connectivity index (χ1v) is 6.27. The Morgan fingerprint density at radius 2 is 2.25 bits per heavy atom. The number of carbonyl (C=O) groups excluding carboxylic acids is 1. The van der Waals surface area contributed by atoms with E-state index in [0.29, 0.717) is 18.1 Å². The van der Waals surface area contributed by atoms with E-state index in [1.54, 1.807) is 6.33 Å². The molecule has 0 spiro atoms. The second-order valence-electron chi connectivity index (χ2n) is 4.55. The van der Waals surface area contributed by atoms with Gasteiger partial charge in [0.25, 0.3) is 0 Å². The van der Waals surface area contributed by atoms with Crippen LogP contribution >= 0.6 is 0 Å². The lowest BCUT2D eigenvalue weighted by Crippen LogP contribution is -2.15. The lowest BCUT2D eigenvalue weighted by molar-refractivity contribution is -0.139. The molecule has 7 heteroatoms. The number of rotatable bonds is 5. The van der Waals surface area contributed by atoms with Gasteiger partial charge in [0.05, 0.1) is 6.33 Å². The van der Waals surface area contributed by atoms with E-state index in [1.165, 1.54) is 13.3 Å². The summed E-state index contributed by atoms with van der Waals surface area (Å²) in [7, 11) is 0. The van der Waals surface area contributed by atoms with Gasteiger partial charge in [0.2, 0.25) is 0 Å². The molecule has 106 valence electrons. The molecule has 0 aliphatic carbocycles. The van der Waals surface area contributed by atoms with E-state index in [-0.39, 0.29) is 12.0 Å². The molecule has 2 N–H and O–H groups in total. The van der Waals surface area contributed by atoms with Gasteiger partial charge in [-0.1, -0.05) is 6.08 Å². The normalized spacial score (nSPS) is 13.2. The predicted octanol–water partition coefficient (Wildman–Crippen LogP) is 1.66. The SMILES string of the molecule is CC(=O)OC/C(C)=C/[C@@H](C)Nc1ncnc2nc[nH]c12. The molecule has 2 heterocycles. The molecule has 1 atom stereocenters. The molecular formula is C13H17N5O2. The molecule has 7 nitrogen and oxygen atoms in total. The average molecular weight is 275 g/mol. The van der Waals surface area contributed by atoms with Crippen molar-refractivity contribution in [3.8, 4) is 0 Å². The predicted molar refractivity (Wildman–Crippen MR) is 75.2 cm³/mol. The third-order valence-electron chi connectivity index (χ3n) is 2.62. The van der Waals surface area contributed by atoms with Gasteiger partial charge in [0.1, 0.15) is 18.5 Å². The molecule has 0 aliphatic heterocycles. The van der Waals surface area contributed by atoms with Crippen LogP contribution in [0.2, 0.25) is 0 Å². The van der Waals surface area contributed by atoms with Crippen molar-refractivity contribution in [2.24, 2.45) is 0 Å². The zero-order chi connectivity index (χ0) is 14.5. The number of nitrogens with zero attached hydrogens (tertiary/aromatic N) is 3. The maximum Gasteiger partial charge on any atom is 0.302 e. The van der Waals surface area contributed by atoms with Crippen LogP contribution in [0.3, 0.4) is 0 Å². The summed E-state index contributed by atoms with van der Waals surface area (Å²) < 4.78 is 4.94. The topological polar surface area (TPSA) is 92.8 Å². The van der Waals surface area contributed by atoms with Crippen molar-refractivity contribution in [2.45, 2.75) is 26.8 Å². The summed E-state index contributed by atoms with van der Waals surface area (Å²) in [4.78, 5) is 26.1. The van der Waals surface area contributed by atoms with Crippen molar-refractivity contribution in [1.29, 1.82) is 0 Å². The summed E-state index contributed by atoms with van der Waals surface area (Å²) in [5.74, 6) is 0.407. The van der Waals surface area contributed by atoms with Crippen molar-refractivity contribution in [3.05, 3.63) is 24.3 Å². The second kappa shape index (κ2) is 6.14. The number of esters is 1. The lowest BCUT2D eigenvalue weighted by atomic mass is 10.2. The number of aromatic amines is 1. The molecule has 0 aliphatic rings. The van der Waals surface area contributed by atoms with Gasteiger partial charge in [-0.2, -0.15) is 0 Å². The molecule has 2 aromatic rings. The number of H-pyrrole nitrogens is 1. The first-order valence-electron chi connectivity index (χ1n) is 6.27. The van der Waals surface area contributed by atoms with Gasteiger partial charge >= 0.3 is 5.97 Å². The highest BCUT2D eigenvalue weighted by Gasteiger charge is 2.07. The first kappa shape index (κ1) is 14.0. The number of aromatic nitrogens is 4. The highest BCUT2D eigenvalue weighted by molar-refractivity contribution is 5.82. The molecule has 0 aromatic carbocycles. The summed E-state index contributed by atoms with van der Waals surface area (Å²) in [6, 6.07) is 0.0342. The minimum atomic E-state index is -0.284. The fraction of sp³-hybridized carbons (Fsp3) is 0.385. The standard InChI is InChI=1S/C13H17N5O2/c1-8(5-20-10(3)19)4-9(2)18-13-11-12(15-6-14-11)16-7-17-13/h4,6-7,9H,5H2,1-3H3,(H2,14,15,16,17,18)/b8-4+/t9-/m1/s1. The maximum atomic E-state index is 10.7. The van der Waals surface area contributed by atoms with Gasteiger partial charge in [-0.15, -0.1) is 0 Å². The second-order valence-corrected chi connectivity index (χ2v) is 4.55. The van der Waals surface area contributed by atoms with E-state index < -0.39 is 0 Å². The van der Waals surface area contributed by atoms with Crippen LogP contribution < -0.4 is 5.32 Å². The van der Waals surface area contributed by atoms with Crippen LogP contribution in [0, 0.1) is 0 Å². The Balaban J connectivity index is 2.04. The first-order chi connectivity index (χ1) is 9.56. The van der Waals surface area contributed by atoms with Crippen LogP contribution in [0.5, 0.6) is 0 Å². The van der Waals surface area contributed by atoms with Crippen LogP contribution in [-0.4, -0.2) is 38.6 Å². The summed E-state index contributed by atoms with van der Waals surface area (Å²) >= 11 is 0. The Labute approximate surface area is 116 Å². The molecular weight excluding hydrogens is 258 g/mol. The van der Waals surface area contributed by atoms with Crippen molar-refractivity contribution < 1.29 is 9.53 Å². The summed E-state index contributed by atoms with van der Waals surface area (Å²) in [5, 5.41) is 3.25. The molecule has 0 radical (unpaired) electrons. The fourth-order valence-corrected chi connectivity index (χ4v) is 1.82. The van der Waals surface area contributed by atoms with Crippen molar-refractivity contribution in [3.63, 3.8) is 0 Å². The Morgan fingerprint density at radius 1 is 1.45 bits per heavy atom. The van der Waals surface area contributed by atoms with E-state index in [2.05, 4.69) is 25.3 Å². The van der Waals surface area contributed by atoms with Gasteiger partial charge in [0.15, 0.2) is 11.5 Å². The van der Waals surface area contributed by atoms with Crippen molar-refractivity contribution >= 4 is 23.0 Å². The molecule has 2 rings (SSSR count). The molecule has 0 fully saturated rings. The molecule has 0 saturated heterocycles. The minimum absolute atomic E-state index is 0.0342. The van der Waals surface area contributed by atoms with Crippen LogP contribution in [-0.2, 0) is 9.53 Å². The van der Waals surface area contributed by atoms with Gasteiger partial charge in [-0.25, -0.2) is 15.0 Å². The van der Waals surface area contributed by atoms with E-state index in [0.717, 1.165) is 11.1 Å². The number of imidazole rings is 1. The lowest BCUT2D eigenvalue weighted by Gasteiger charge is -2.12. The zero-order valence-electron chi connectivity index (χ0n) is 11.7. The molecule has 0 bridgehead atoms.